The van der Waals surface area contributed by atoms with Crippen molar-refractivity contribution < 1.29 is 32.5 Å². The van der Waals surface area contributed by atoms with E-state index in [9.17, 15) is 18.4 Å². The number of imidazole rings is 1. The molecule has 4 aromatic rings. The smallest absolute Gasteiger partial charge is 0.291 e. The summed E-state index contributed by atoms with van der Waals surface area (Å²) in [5, 5.41) is 5.65. The molecule has 2 N–H and O–H groups in total. The highest BCUT2D eigenvalue weighted by atomic mass is 35.5. The summed E-state index contributed by atoms with van der Waals surface area (Å²) in [6.07, 6.45) is 6.02. The third-order valence-electron chi connectivity index (χ3n) is 6.47. The molecular formula is C28H30ClF2N6O4+. The minimum Gasteiger partial charge on any atom is -0.494 e. The van der Waals surface area contributed by atoms with Gasteiger partial charge in [-0.25, -0.2) is 9.37 Å². The van der Waals surface area contributed by atoms with E-state index in [2.05, 4.69) is 15.6 Å². The standard InChI is InChI=1S/C28H29ClF2N6O4/c1-35-15-17(16-37(35)10-5-11-40-3)13-33-27(38)19-7-6-18(12-21(19)29)34-28(39)26-32-14-22(36(26)2)20-8-9-23(41-4)25(31)24(20)30/h6-9,12,14-16H,5,10-11,13H2,1-4H3,(H-,33,34,38,39)/p+1. The topological polar surface area (TPSA) is 103 Å². The summed E-state index contributed by atoms with van der Waals surface area (Å²) in [5.74, 6) is -3.51. The second-order valence-corrected chi connectivity index (χ2v) is 9.62. The van der Waals surface area contributed by atoms with Gasteiger partial charge in [0.2, 0.25) is 5.82 Å². The summed E-state index contributed by atoms with van der Waals surface area (Å²) in [5.41, 5.74) is 1.60. The van der Waals surface area contributed by atoms with Gasteiger partial charge >= 0.3 is 0 Å². The van der Waals surface area contributed by atoms with E-state index >= 15 is 0 Å². The normalized spacial score (nSPS) is 11.0. The van der Waals surface area contributed by atoms with Crippen LogP contribution in [0, 0.1) is 11.6 Å². The van der Waals surface area contributed by atoms with Crippen molar-refractivity contribution in [3.05, 3.63) is 82.5 Å². The van der Waals surface area contributed by atoms with E-state index in [0.717, 1.165) is 18.5 Å². The van der Waals surface area contributed by atoms with Gasteiger partial charge < -0.3 is 24.7 Å². The molecule has 2 amide bonds. The summed E-state index contributed by atoms with van der Waals surface area (Å²) in [7, 11) is 6.33. The van der Waals surface area contributed by atoms with Crippen molar-refractivity contribution in [1.82, 2.24) is 19.5 Å². The molecule has 0 saturated carbocycles. The van der Waals surface area contributed by atoms with E-state index in [1.54, 1.807) is 7.11 Å². The maximum Gasteiger partial charge on any atom is 0.291 e. The average molecular weight is 588 g/mol. The number of hydrogen-bond donors (Lipinski definition) is 2. The van der Waals surface area contributed by atoms with Gasteiger partial charge in [0.1, 0.15) is 0 Å². The predicted molar refractivity (Wildman–Crippen MR) is 148 cm³/mol. The van der Waals surface area contributed by atoms with Crippen LogP contribution >= 0.6 is 11.6 Å². The Hall–Kier alpha value is -4.29. The van der Waals surface area contributed by atoms with Crippen LogP contribution in [0.15, 0.2) is 48.9 Å². The van der Waals surface area contributed by atoms with Crippen LogP contribution in [0.2, 0.25) is 5.02 Å². The molecule has 2 aromatic heterocycles. The van der Waals surface area contributed by atoms with Gasteiger partial charge in [0, 0.05) is 32.0 Å². The zero-order valence-corrected chi connectivity index (χ0v) is 23.8. The zero-order valence-electron chi connectivity index (χ0n) is 23.0. The highest BCUT2D eigenvalue weighted by Crippen LogP contribution is 2.30. The Bertz CT molecular complexity index is 1590. The number of carbonyl (C=O) groups excluding carboxylic acids is 2. The number of hydrogen-bond acceptors (Lipinski definition) is 5. The van der Waals surface area contributed by atoms with E-state index < -0.39 is 17.5 Å². The quantitative estimate of drug-likeness (QED) is 0.205. The van der Waals surface area contributed by atoms with Gasteiger partial charge in [0.05, 0.1) is 54.4 Å². The van der Waals surface area contributed by atoms with Crippen LogP contribution in [0.5, 0.6) is 5.75 Å². The number of amides is 2. The number of aryl methyl sites for hydroxylation is 2. The number of benzene rings is 2. The van der Waals surface area contributed by atoms with Gasteiger partial charge in [-0.3, -0.25) is 9.59 Å². The lowest BCUT2D eigenvalue weighted by Crippen LogP contribution is -2.38. The summed E-state index contributed by atoms with van der Waals surface area (Å²) in [4.78, 5) is 29.8. The molecule has 0 fully saturated rings. The summed E-state index contributed by atoms with van der Waals surface area (Å²) in [6, 6.07) is 7.12. The predicted octanol–water partition coefficient (Wildman–Crippen LogP) is 3.87. The number of aromatic nitrogens is 4. The van der Waals surface area contributed by atoms with Gasteiger partial charge in [-0.05, 0) is 36.8 Å². The van der Waals surface area contributed by atoms with Crippen LogP contribution in [-0.4, -0.2) is 46.9 Å². The number of carbonyl (C=O) groups is 2. The van der Waals surface area contributed by atoms with E-state index in [-0.39, 0.29) is 39.3 Å². The van der Waals surface area contributed by atoms with Crippen LogP contribution in [-0.2, 0) is 31.9 Å². The van der Waals surface area contributed by atoms with Gasteiger partial charge in [0.15, 0.2) is 30.6 Å². The monoisotopic (exact) mass is 587 g/mol. The third kappa shape index (κ3) is 6.55. The molecule has 13 heteroatoms. The first-order valence-corrected chi connectivity index (χ1v) is 13.0. The second kappa shape index (κ2) is 12.9. The molecule has 0 aliphatic rings. The van der Waals surface area contributed by atoms with E-state index in [0.29, 0.717) is 18.8 Å². The Morgan fingerprint density at radius 2 is 1.90 bits per heavy atom. The number of anilines is 1. The molecule has 10 nitrogen and oxygen atoms in total. The third-order valence-corrected chi connectivity index (χ3v) is 6.78. The Morgan fingerprint density at radius 3 is 2.61 bits per heavy atom. The Morgan fingerprint density at radius 1 is 1.12 bits per heavy atom. The number of rotatable bonds is 11. The first-order valence-electron chi connectivity index (χ1n) is 12.6. The fraction of sp³-hybridized carbons (Fsp3) is 0.286. The number of nitrogens with zero attached hydrogens (tertiary/aromatic N) is 4. The Balaban J connectivity index is 1.41. The molecule has 216 valence electrons. The number of nitrogens with one attached hydrogen (secondary N) is 2. The van der Waals surface area contributed by atoms with Crippen molar-refractivity contribution >= 4 is 29.1 Å². The second-order valence-electron chi connectivity index (χ2n) is 9.22. The molecule has 41 heavy (non-hydrogen) atoms. The first-order chi connectivity index (χ1) is 19.6. The molecule has 2 heterocycles. The van der Waals surface area contributed by atoms with Gasteiger partial charge in [0.25, 0.3) is 11.8 Å². The maximum atomic E-state index is 14.6. The Kier molecular flexibility index (Phi) is 9.35. The fourth-order valence-corrected chi connectivity index (χ4v) is 4.58. The molecule has 0 saturated heterocycles. The van der Waals surface area contributed by atoms with Gasteiger partial charge in [-0.2, -0.15) is 9.07 Å². The minimum atomic E-state index is -1.14. The van der Waals surface area contributed by atoms with Crippen LogP contribution in [0.25, 0.3) is 11.3 Å². The molecule has 0 radical (unpaired) electrons. The molecule has 0 aliphatic carbocycles. The highest BCUT2D eigenvalue weighted by molar-refractivity contribution is 6.34. The molecule has 4 rings (SSSR count). The van der Waals surface area contributed by atoms with Crippen LogP contribution in [0.3, 0.4) is 0 Å². The molecule has 2 aromatic carbocycles. The molecule has 0 aliphatic heterocycles. The van der Waals surface area contributed by atoms with E-state index in [4.69, 9.17) is 21.1 Å². The van der Waals surface area contributed by atoms with Crippen molar-refractivity contribution in [2.45, 2.75) is 19.5 Å². The van der Waals surface area contributed by atoms with E-state index in [1.807, 2.05) is 28.8 Å². The molecule has 0 spiro atoms. The van der Waals surface area contributed by atoms with Crippen LogP contribution < -0.4 is 20.1 Å². The molecule has 0 unspecified atom stereocenters. The van der Waals surface area contributed by atoms with Crippen molar-refractivity contribution in [3.8, 4) is 17.0 Å². The fourth-order valence-electron chi connectivity index (χ4n) is 4.31. The first kappa shape index (κ1) is 29.7. The largest absolute Gasteiger partial charge is 0.494 e. The lowest BCUT2D eigenvalue weighted by Gasteiger charge is -2.11. The Labute approximate surface area is 240 Å². The summed E-state index contributed by atoms with van der Waals surface area (Å²) >= 11 is 6.37. The van der Waals surface area contributed by atoms with Gasteiger partial charge in [-0.15, -0.1) is 4.68 Å². The van der Waals surface area contributed by atoms with Crippen LogP contribution in [0.1, 0.15) is 33.0 Å². The zero-order chi connectivity index (χ0) is 29.7. The number of methoxy groups -OCH3 is 2. The van der Waals surface area contributed by atoms with Crippen LogP contribution in [0.4, 0.5) is 14.5 Å². The summed E-state index contributed by atoms with van der Waals surface area (Å²) in [6.45, 7) is 1.75. The van der Waals surface area contributed by atoms with E-state index in [1.165, 1.54) is 55.3 Å². The molecule has 0 atom stereocenters. The number of halogens is 3. The van der Waals surface area contributed by atoms with Crippen molar-refractivity contribution in [2.24, 2.45) is 14.1 Å². The molecule has 0 bridgehead atoms. The van der Waals surface area contributed by atoms with Crippen molar-refractivity contribution in [2.75, 3.05) is 26.1 Å². The lowest BCUT2D eigenvalue weighted by atomic mass is 10.1. The average Bonchev–Trinajstić information content (AvgIpc) is 3.50. The highest BCUT2D eigenvalue weighted by Gasteiger charge is 2.22. The lowest BCUT2D eigenvalue weighted by molar-refractivity contribution is -0.753. The number of ether oxygens (including phenoxy) is 2. The molecular weight excluding hydrogens is 558 g/mol. The SMILES string of the molecule is COCCCn1cc(CNC(=O)c2ccc(NC(=O)c3ncc(-c4ccc(OC)c(F)c4F)n3C)cc2Cl)c[n+]1C. The van der Waals surface area contributed by atoms with Crippen molar-refractivity contribution in [3.63, 3.8) is 0 Å². The van der Waals surface area contributed by atoms with Crippen molar-refractivity contribution in [1.29, 1.82) is 0 Å². The maximum absolute atomic E-state index is 14.6. The summed E-state index contributed by atoms with van der Waals surface area (Å²) < 4.78 is 44.0. The van der Waals surface area contributed by atoms with Gasteiger partial charge in [-0.1, -0.05) is 11.6 Å². The minimum absolute atomic E-state index is 0.0455.